The SMILES string of the molecule is COc1cccc2c(OC)c(C(N)CO)ccc12. The molecule has 4 nitrogen and oxygen atoms in total. The van der Waals surface area contributed by atoms with E-state index in [0.29, 0.717) is 5.75 Å². The molecule has 1 unspecified atom stereocenters. The minimum absolute atomic E-state index is 0.119. The van der Waals surface area contributed by atoms with Crippen LogP contribution in [0.25, 0.3) is 10.8 Å². The first-order valence-corrected chi connectivity index (χ1v) is 5.73. The molecule has 0 aliphatic heterocycles. The molecule has 0 aliphatic rings. The van der Waals surface area contributed by atoms with E-state index in [1.807, 2.05) is 30.3 Å². The van der Waals surface area contributed by atoms with Gasteiger partial charge in [-0.2, -0.15) is 0 Å². The standard InChI is InChI=1S/C14H17NO3/c1-17-13-5-3-4-10-9(13)6-7-11(12(15)8-16)14(10)18-2/h3-7,12,16H,8,15H2,1-2H3. The van der Waals surface area contributed by atoms with Crippen molar-refractivity contribution in [2.75, 3.05) is 20.8 Å². The molecule has 0 radical (unpaired) electrons. The van der Waals surface area contributed by atoms with E-state index in [-0.39, 0.29) is 6.61 Å². The van der Waals surface area contributed by atoms with Crippen LogP contribution in [0, 0.1) is 0 Å². The summed E-state index contributed by atoms with van der Waals surface area (Å²) >= 11 is 0. The number of hydrogen-bond acceptors (Lipinski definition) is 4. The molecule has 2 aromatic rings. The van der Waals surface area contributed by atoms with Crippen molar-refractivity contribution in [3.63, 3.8) is 0 Å². The highest BCUT2D eigenvalue weighted by atomic mass is 16.5. The van der Waals surface area contributed by atoms with Crippen LogP contribution in [-0.2, 0) is 0 Å². The third kappa shape index (κ3) is 2.00. The Morgan fingerprint density at radius 1 is 1.11 bits per heavy atom. The Morgan fingerprint density at radius 2 is 1.89 bits per heavy atom. The molecular formula is C14H17NO3. The van der Waals surface area contributed by atoms with Gasteiger partial charge in [-0.25, -0.2) is 0 Å². The number of benzene rings is 2. The first kappa shape index (κ1) is 12.7. The lowest BCUT2D eigenvalue weighted by atomic mass is 10.0. The summed E-state index contributed by atoms with van der Waals surface area (Å²) in [4.78, 5) is 0. The highest BCUT2D eigenvalue weighted by Gasteiger charge is 2.15. The van der Waals surface area contributed by atoms with E-state index in [4.69, 9.17) is 15.2 Å². The molecule has 0 heterocycles. The van der Waals surface area contributed by atoms with Gasteiger partial charge in [0, 0.05) is 16.3 Å². The molecule has 0 aliphatic carbocycles. The van der Waals surface area contributed by atoms with Crippen molar-refractivity contribution in [1.29, 1.82) is 0 Å². The largest absolute Gasteiger partial charge is 0.496 e. The van der Waals surface area contributed by atoms with Crippen LogP contribution in [0.5, 0.6) is 11.5 Å². The zero-order valence-corrected chi connectivity index (χ0v) is 10.5. The second kappa shape index (κ2) is 5.25. The van der Waals surface area contributed by atoms with Crippen molar-refractivity contribution in [3.05, 3.63) is 35.9 Å². The molecule has 4 heteroatoms. The number of fused-ring (bicyclic) bond motifs is 1. The molecule has 1 atom stereocenters. The van der Waals surface area contributed by atoms with E-state index in [2.05, 4.69) is 0 Å². The fraction of sp³-hybridized carbons (Fsp3) is 0.286. The van der Waals surface area contributed by atoms with Gasteiger partial charge in [0.25, 0.3) is 0 Å². The van der Waals surface area contributed by atoms with Crippen LogP contribution in [0.2, 0.25) is 0 Å². The van der Waals surface area contributed by atoms with Crippen LogP contribution < -0.4 is 15.2 Å². The minimum Gasteiger partial charge on any atom is -0.496 e. The second-order valence-electron chi connectivity index (χ2n) is 4.03. The number of methoxy groups -OCH3 is 2. The van der Waals surface area contributed by atoms with Crippen LogP contribution >= 0.6 is 0 Å². The minimum atomic E-state index is -0.449. The lowest BCUT2D eigenvalue weighted by Gasteiger charge is -2.16. The van der Waals surface area contributed by atoms with Crippen LogP contribution in [0.15, 0.2) is 30.3 Å². The quantitative estimate of drug-likeness (QED) is 0.865. The lowest BCUT2D eigenvalue weighted by Crippen LogP contribution is -2.15. The smallest absolute Gasteiger partial charge is 0.131 e. The van der Waals surface area contributed by atoms with E-state index < -0.39 is 6.04 Å². The van der Waals surface area contributed by atoms with Crippen LogP contribution in [0.3, 0.4) is 0 Å². The Kier molecular flexibility index (Phi) is 3.69. The van der Waals surface area contributed by atoms with Gasteiger partial charge in [-0.15, -0.1) is 0 Å². The molecule has 96 valence electrons. The van der Waals surface area contributed by atoms with Gasteiger partial charge in [-0.05, 0) is 6.07 Å². The summed E-state index contributed by atoms with van der Waals surface area (Å²) in [5, 5.41) is 11.1. The lowest BCUT2D eigenvalue weighted by molar-refractivity contribution is 0.265. The van der Waals surface area contributed by atoms with Gasteiger partial charge in [0.05, 0.1) is 26.9 Å². The molecule has 0 spiro atoms. The maximum absolute atomic E-state index is 9.18. The summed E-state index contributed by atoms with van der Waals surface area (Å²) in [5.41, 5.74) is 6.66. The predicted molar refractivity (Wildman–Crippen MR) is 71.1 cm³/mol. The Bertz CT molecular complexity index is 554. The van der Waals surface area contributed by atoms with Gasteiger partial charge in [0.2, 0.25) is 0 Å². The third-order valence-electron chi connectivity index (χ3n) is 3.02. The normalized spacial score (nSPS) is 12.4. The molecule has 0 saturated carbocycles. The number of aliphatic hydroxyl groups excluding tert-OH is 1. The monoisotopic (exact) mass is 247 g/mol. The summed E-state index contributed by atoms with van der Waals surface area (Å²) in [7, 11) is 3.23. The average Bonchev–Trinajstić information content (AvgIpc) is 2.44. The van der Waals surface area contributed by atoms with Gasteiger partial charge in [-0.1, -0.05) is 24.3 Å². The molecule has 0 amide bonds. The summed E-state index contributed by atoms with van der Waals surface area (Å²) in [6.45, 7) is -0.119. The Balaban J connectivity index is 2.72. The number of hydrogen-bond donors (Lipinski definition) is 2. The zero-order chi connectivity index (χ0) is 13.1. The average molecular weight is 247 g/mol. The zero-order valence-electron chi connectivity index (χ0n) is 10.5. The van der Waals surface area contributed by atoms with Crippen molar-refractivity contribution in [2.45, 2.75) is 6.04 Å². The van der Waals surface area contributed by atoms with Crippen molar-refractivity contribution < 1.29 is 14.6 Å². The number of nitrogens with two attached hydrogens (primary N) is 1. The summed E-state index contributed by atoms with van der Waals surface area (Å²) in [6.07, 6.45) is 0. The molecule has 0 saturated heterocycles. The van der Waals surface area contributed by atoms with Crippen molar-refractivity contribution in [3.8, 4) is 11.5 Å². The topological polar surface area (TPSA) is 64.7 Å². The molecule has 0 bridgehead atoms. The van der Waals surface area contributed by atoms with Crippen LogP contribution in [0.1, 0.15) is 11.6 Å². The maximum atomic E-state index is 9.18. The first-order chi connectivity index (χ1) is 8.72. The summed E-state index contributed by atoms with van der Waals surface area (Å²) in [5.74, 6) is 1.47. The van der Waals surface area contributed by atoms with Crippen LogP contribution in [0.4, 0.5) is 0 Å². The summed E-state index contributed by atoms with van der Waals surface area (Å²) in [6, 6.07) is 9.09. The van der Waals surface area contributed by atoms with Crippen molar-refractivity contribution in [2.24, 2.45) is 5.73 Å². The van der Waals surface area contributed by atoms with E-state index in [1.165, 1.54) is 0 Å². The Hall–Kier alpha value is -1.78. The number of aliphatic hydroxyl groups is 1. The fourth-order valence-corrected chi connectivity index (χ4v) is 2.11. The fourth-order valence-electron chi connectivity index (χ4n) is 2.11. The van der Waals surface area contributed by atoms with Crippen LogP contribution in [-0.4, -0.2) is 25.9 Å². The molecule has 0 fully saturated rings. The molecule has 18 heavy (non-hydrogen) atoms. The van der Waals surface area contributed by atoms with E-state index in [1.54, 1.807) is 14.2 Å². The van der Waals surface area contributed by atoms with Crippen molar-refractivity contribution >= 4 is 10.8 Å². The Morgan fingerprint density at radius 3 is 2.50 bits per heavy atom. The molecule has 2 aromatic carbocycles. The molecular weight excluding hydrogens is 230 g/mol. The number of ether oxygens (including phenoxy) is 2. The highest BCUT2D eigenvalue weighted by molar-refractivity contribution is 5.94. The van der Waals surface area contributed by atoms with Gasteiger partial charge in [0.1, 0.15) is 11.5 Å². The number of rotatable bonds is 4. The van der Waals surface area contributed by atoms with E-state index in [0.717, 1.165) is 22.1 Å². The Labute approximate surface area is 106 Å². The van der Waals surface area contributed by atoms with Gasteiger partial charge in [0.15, 0.2) is 0 Å². The first-order valence-electron chi connectivity index (χ1n) is 5.73. The second-order valence-corrected chi connectivity index (χ2v) is 4.03. The van der Waals surface area contributed by atoms with Gasteiger partial charge in [-0.3, -0.25) is 0 Å². The van der Waals surface area contributed by atoms with E-state index >= 15 is 0 Å². The molecule has 0 aromatic heterocycles. The van der Waals surface area contributed by atoms with Gasteiger partial charge < -0.3 is 20.3 Å². The maximum Gasteiger partial charge on any atom is 0.131 e. The predicted octanol–water partition coefficient (Wildman–Crippen LogP) is 1.85. The van der Waals surface area contributed by atoms with E-state index in [9.17, 15) is 5.11 Å². The molecule has 3 N–H and O–H groups in total. The highest BCUT2D eigenvalue weighted by Crippen LogP contribution is 2.36. The summed E-state index contributed by atoms with van der Waals surface area (Å²) < 4.78 is 10.8. The van der Waals surface area contributed by atoms with Gasteiger partial charge >= 0.3 is 0 Å². The van der Waals surface area contributed by atoms with Crippen molar-refractivity contribution in [1.82, 2.24) is 0 Å². The molecule has 2 rings (SSSR count). The third-order valence-corrected chi connectivity index (χ3v) is 3.02.